The summed E-state index contributed by atoms with van der Waals surface area (Å²) in [5, 5.41) is 11.3. The van der Waals surface area contributed by atoms with Gasteiger partial charge in [0.25, 0.3) is 5.60 Å². The number of carbonyl (C=O) groups is 2. The Morgan fingerprint density at radius 2 is 1.60 bits per heavy atom. The standard InChI is InChI=1S/C13H11F6NO5/c1-24-10(22)11(23,12(14,15)16)6-9(21)20-7-2-4-8(5-3-7)25-13(17,18)19/h2-5,23H,6H2,1H3,(H,20,21)/t11-/m1/s1. The molecular formula is C13H11F6NO5. The van der Waals surface area contributed by atoms with E-state index in [4.69, 9.17) is 0 Å². The van der Waals surface area contributed by atoms with Gasteiger partial charge in [-0.2, -0.15) is 13.2 Å². The first-order valence-electron chi connectivity index (χ1n) is 6.31. The molecule has 12 heteroatoms. The molecule has 0 heterocycles. The summed E-state index contributed by atoms with van der Waals surface area (Å²) in [6.07, 6.45) is -12.1. The molecule has 140 valence electrons. The van der Waals surface area contributed by atoms with E-state index < -0.39 is 42.2 Å². The van der Waals surface area contributed by atoms with E-state index in [2.05, 4.69) is 9.47 Å². The normalized spacial score (nSPS) is 14.4. The number of halogens is 6. The van der Waals surface area contributed by atoms with Crippen LogP contribution in [0.3, 0.4) is 0 Å². The van der Waals surface area contributed by atoms with Crippen LogP contribution in [0.4, 0.5) is 32.0 Å². The molecule has 0 radical (unpaired) electrons. The van der Waals surface area contributed by atoms with Crippen LogP contribution in [0.5, 0.6) is 5.75 Å². The van der Waals surface area contributed by atoms with E-state index >= 15 is 0 Å². The average molecular weight is 375 g/mol. The maximum atomic E-state index is 12.8. The highest BCUT2D eigenvalue weighted by molar-refractivity contribution is 5.96. The molecule has 1 atom stereocenters. The third-order valence-corrected chi connectivity index (χ3v) is 2.78. The molecule has 25 heavy (non-hydrogen) atoms. The van der Waals surface area contributed by atoms with Crippen LogP contribution < -0.4 is 10.1 Å². The number of amides is 1. The van der Waals surface area contributed by atoms with Gasteiger partial charge in [-0.3, -0.25) is 4.79 Å². The maximum absolute atomic E-state index is 12.8. The summed E-state index contributed by atoms with van der Waals surface area (Å²) in [6.45, 7) is 0. The van der Waals surface area contributed by atoms with Crippen LogP contribution in [-0.2, 0) is 14.3 Å². The van der Waals surface area contributed by atoms with E-state index in [-0.39, 0.29) is 5.69 Å². The predicted molar refractivity (Wildman–Crippen MR) is 69.4 cm³/mol. The van der Waals surface area contributed by atoms with Crippen molar-refractivity contribution >= 4 is 17.6 Å². The largest absolute Gasteiger partial charge is 0.573 e. The van der Waals surface area contributed by atoms with Gasteiger partial charge in [0.05, 0.1) is 13.5 Å². The van der Waals surface area contributed by atoms with Crippen molar-refractivity contribution < 1.29 is 50.5 Å². The van der Waals surface area contributed by atoms with Crippen LogP contribution in [-0.4, -0.2) is 42.2 Å². The van der Waals surface area contributed by atoms with Crippen LogP contribution in [0, 0.1) is 0 Å². The van der Waals surface area contributed by atoms with Crippen LogP contribution in [0.25, 0.3) is 0 Å². The van der Waals surface area contributed by atoms with E-state index in [1.807, 2.05) is 5.32 Å². The van der Waals surface area contributed by atoms with Gasteiger partial charge in [-0.25, -0.2) is 4.79 Å². The van der Waals surface area contributed by atoms with Crippen LogP contribution >= 0.6 is 0 Å². The molecule has 0 aliphatic carbocycles. The molecule has 6 nitrogen and oxygen atoms in total. The number of alkyl halides is 6. The first kappa shape index (κ1) is 20.5. The molecule has 0 spiro atoms. The molecule has 2 N–H and O–H groups in total. The fourth-order valence-corrected chi connectivity index (χ4v) is 1.63. The highest BCUT2D eigenvalue weighted by atomic mass is 19.4. The van der Waals surface area contributed by atoms with Crippen molar-refractivity contribution in [1.82, 2.24) is 0 Å². The number of aliphatic hydroxyl groups is 1. The first-order valence-corrected chi connectivity index (χ1v) is 6.31. The first-order chi connectivity index (χ1) is 11.3. The second-order valence-corrected chi connectivity index (χ2v) is 4.65. The number of methoxy groups -OCH3 is 1. The Kier molecular flexibility index (Phi) is 5.89. The van der Waals surface area contributed by atoms with E-state index in [1.165, 1.54) is 0 Å². The van der Waals surface area contributed by atoms with Crippen LogP contribution in [0.2, 0.25) is 0 Å². The molecule has 0 aromatic heterocycles. The summed E-state index contributed by atoms with van der Waals surface area (Å²) in [7, 11) is 0.594. The van der Waals surface area contributed by atoms with E-state index in [1.54, 1.807) is 0 Å². The van der Waals surface area contributed by atoms with Crippen molar-refractivity contribution in [2.24, 2.45) is 0 Å². The highest BCUT2D eigenvalue weighted by Crippen LogP contribution is 2.34. The Labute approximate surface area is 136 Å². The van der Waals surface area contributed by atoms with Gasteiger partial charge in [0.15, 0.2) is 0 Å². The quantitative estimate of drug-likeness (QED) is 0.610. The monoisotopic (exact) mass is 375 g/mol. The van der Waals surface area contributed by atoms with Crippen molar-refractivity contribution in [3.05, 3.63) is 24.3 Å². The molecular weight excluding hydrogens is 364 g/mol. The van der Waals surface area contributed by atoms with E-state index in [9.17, 15) is 41.0 Å². The van der Waals surface area contributed by atoms with Crippen LogP contribution in [0.1, 0.15) is 6.42 Å². The van der Waals surface area contributed by atoms with Gasteiger partial charge >= 0.3 is 18.5 Å². The Hall–Kier alpha value is -2.50. The van der Waals surface area contributed by atoms with Gasteiger partial charge in [-0.1, -0.05) is 0 Å². The van der Waals surface area contributed by atoms with Crippen LogP contribution in [0.15, 0.2) is 24.3 Å². The fourth-order valence-electron chi connectivity index (χ4n) is 1.63. The minimum Gasteiger partial charge on any atom is -0.467 e. The lowest BCUT2D eigenvalue weighted by molar-refractivity contribution is -0.274. The Morgan fingerprint density at radius 1 is 1.08 bits per heavy atom. The number of rotatable bonds is 5. The number of esters is 1. The molecule has 0 unspecified atom stereocenters. The molecule has 1 rings (SSSR count). The third-order valence-electron chi connectivity index (χ3n) is 2.78. The molecule has 0 saturated heterocycles. The zero-order chi connectivity index (χ0) is 19.5. The molecule has 1 aromatic carbocycles. The SMILES string of the molecule is COC(=O)[C@](O)(CC(=O)Nc1ccc(OC(F)(F)F)cc1)C(F)(F)F. The van der Waals surface area contributed by atoms with Gasteiger partial charge in [0, 0.05) is 5.69 Å². The van der Waals surface area contributed by atoms with Crippen molar-refractivity contribution in [3.63, 3.8) is 0 Å². The second kappa shape index (κ2) is 7.17. The lowest BCUT2D eigenvalue weighted by Crippen LogP contribution is -2.54. The molecule has 1 amide bonds. The number of benzene rings is 1. The Bertz CT molecular complexity index is 627. The molecule has 0 bridgehead atoms. The molecule has 0 fully saturated rings. The number of anilines is 1. The summed E-state index contributed by atoms with van der Waals surface area (Å²) in [4.78, 5) is 22.8. The summed E-state index contributed by atoms with van der Waals surface area (Å²) in [5.74, 6) is -4.12. The lowest BCUT2D eigenvalue weighted by Gasteiger charge is -2.26. The highest BCUT2D eigenvalue weighted by Gasteiger charge is 2.61. The number of ether oxygens (including phenoxy) is 2. The summed E-state index contributed by atoms with van der Waals surface area (Å²) < 4.78 is 81.8. The van der Waals surface area contributed by atoms with Gasteiger partial charge in [0.2, 0.25) is 5.91 Å². The third kappa shape index (κ3) is 5.52. The zero-order valence-corrected chi connectivity index (χ0v) is 12.4. The van der Waals surface area contributed by atoms with Crippen molar-refractivity contribution in [2.45, 2.75) is 24.6 Å². The fraction of sp³-hybridized carbons (Fsp3) is 0.385. The number of carbonyl (C=O) groups excluding carboxylic acids is 2. The van der Waals surface area contributed by atoms with Crippen molar-refractivity contribution in [1.29, 1.82) is 0 Å². The minimum atomic E-state index is -5.48. The van der Waals surface area contributed by atoms with Gasteiger partial charge in [0.1, 0.15) is 5.75 Å². The number of hydrogen-bond donors (Lipinski definition) is 2. The minimum absolute atomic E-state index is 0.186. The van der Waals surface area contributed by atoms with Gasteiger partial charge in [-0.05, 0) is 24.3 Å². The average Bonchev–Trinajstić information content (AvgIpc) is 2.45. The molecule has 0 aliphatic heterocycles. The number of hydrogen-bond acceptors (Lipinski definition) is 5. The smallest absolute Gasteiger partial charge is 0.467 e. The Morgan fingerprint density at radius 3 is 2.00 bits per heavy atom. The summed E-state index contributed by atoms with van der Waals surface area (Å²) in [6, 6.07) is 3.45. The van der Waals surface area contributed by atoms with Gasteiger partial charge < -0.3 is 19.9 Å². The number of nitrogens with one attached hydrogen (secondary N) is 1. The molecule has 1 aromatic rings. The molecule has 0 saturated carbocycles. The summed E-state index contributed by atoms with van der Waals surface area (Å²) >= 11 is 0. The van der Waals surface area contributed by atoms with Crippen molar-refractivity contribution in [2.75, 3.05) is 12.4 Å². The summed E-state index contributed by atoms with van der Waals surface area (Å²) in [5.41, 5.74) is -4.25. The maximum Gasteiger partial charge on any atom is 0.573 e. The Balaban J connectivity index is 2.83. The zero-order valence-electron chi connectivity index (χ0n) is 12.4. The topological polar surface area (TPSA) is 84.9 Å². The van der Waals surface area contributed by atoms with E-state index in [0.29, 0.717) is 7.11 Å². The van der Waals surface area contributed by atoms with Crippen molar-refractivity contribution in [3.8, 4) is 5.75 Å². The predicted octanol–water partition coefficient (Wildman–Crippen LogP) is 2.38. The lowest BCUT2D eigenvalue weighted by atomic mass is 9.98. The molecule has 0 aliphatic rings. The van der Waals surface area contributed by atoms with Gasteiger partial charge in [-0.15, -0.1) is 13.2 Å². The second-order valence-electron chi connectivity index (χ2n) is 4.65. The van der Waals surface area contributed by atoms with E-state index in [0.717, 1.165) is 24.3 Å².